The Labute approximate surface area is 114 Å². The van der Waals surface area contributed by atoms with Gasteiger partial charge in [0.1, 0.15) is 10.8 Å². The summed E-state index contributed by atoms with van der Waals surface area (Å²) in [6, 6.07) is 4.59. The van der Waals surface area contributed by atoms with Crippen LogP contribution in [0.5, 0.6) is 0 Å². The van der Waals surface area contributed by atoms with E-state index in [0.29, 0.717) is 11.0 Å². The second-order valence-corrected chi connectivity index (χ2v) is 5.41. The zero-order valence-electron chi connectivity index (χ0n) is 11.1. The van der Waals surface area contributed by atoms with Crippen LogP contribution >= 0.6 is 12.2 Å². The fourth-order valence-corrected chi connectivity index (χ4v) is 2.78. The molecule has 1 fully saturated rings. The van der Waals surface area contributed by atoms with Crippen molar-refractivity contribution >= 4 is 23.0 Å². The molecule has 1 unspecified atom stereocenters. The summed E-state index contributed by atoms with van der Waals surface area (Å²) in [6.07, 6.45) is 4.99. The Hall–Kier alpha value is -1.16. The third kappa shape index (κ3) is 2.80. The number of anilines is 1. The van der Waals surface area contributed by atoms with Gasteiger partial charge in [-0.15, -0.1) is 0 Å². The number of thiocarbonyl (C=S) groups is 1. The quantitative estimate of drug-likeness (QED) is 0.852. The maximum absolute atomic E-state index is 5.73. The lowest BCUT2D eigenvalue weighted by atomic mass is 10.00. The minimum absolute atomic E-state index is 0.451. The van der Waals surface area contributed by atoms with Gasteiger partial charge in [-0.05, 0) is 44.7 Å². The highest BCUT2D eigenvalue weighted by Crippen LogP contribution is 2.26. The third-order valence-electron chi connectivity index (χ3n) is 3.62. The summed E-state index contributed by atoms with van der Waals surface area (Å²) < 4.78 is 0. The van der Waals surface area contributed by atoms with Crippen molar-refractivity contribution in [2.45, 2.75) is 45.6 Å². The van der Waals surface area contributed by atoms with Crippen LogP contribution in [0.3, 0.4) is 0 Å². The fraction of sp³-hybridized carbons (Fsp3) is 0.571. The molecule has 0 amide bonds. The highest BCUT2D eigenvalue weighted by Gasteiger charge is 2.22. The molecule has 0 saturated carbocycles. The third-order valence-corrected chi connectivity index (χ3v) is 3.85. The van der Waals surface area contributed by atoms with E-state index in [4.69, 9.17) is 18.0 Å². The van der Waals surface area contributed by atoms with Crippen molar-refractivity contribution < 1.29 is 0 Å². The second kappa shape index (κ2) is 5.65. The van der Waals surface area contributed by atoms with Crippen LogP contribution in [0.4, 0.5) is 5.82 Å². The number of aryl methyl sites for hydroxylation is 1. The average Bonchev–Trinajstić information content (AvgIpc) is 2.38. The molecule has 1 atom stereocenters. The first-order valence-electron chi connectivity index (χ1n) is 6.67. The van der Waals surface area contributed by atoms with Gasteiger partial charge < -0.3 is 10.6 Å². The number of hydrogen-bond acceptors (Lipinski definition) is 3. The highest BCUT2D eigenvalue weighted by atomic mass is 32.1. The van der Waals surface area contributed by atoms with Crippen LogP contribution in [0.25, 0.3) is 0 Å². The van der Waals surface area contributed by atoms with Crippen LogP contribution in [0, 0.1) is 6.92 Å². The van der Waals surface area contributed by atoms with E-state index in [1.807, 2.05) is 19.1 Å². The Bertz CT molecular complexity index is 445. The lowest BCUT2D eigenvalue weighted by molar-refractivity contribution is 0.446. The van der Waals surface area contributed by atoms with E-state index in [9.17, 15) is 0 Å². The zero-order valence-corrected chi connectivity index (χ0v) is 12.0. The number of nitrogens with two attached hydrogens (primary N) is 1. The van der Waals surface area contributed by atoms with Gasteiger partial charge in [0.25, 0.3) is 0 Å². The van der Waals surface area contributed by atoms with Gasteiger partial charge in [0.05, 0.1) is 0 Å². The second-order valence-electron chi connectivity index (χ2n) is 4.97. The average molecular weight is 263 g/mol. The molecule has 4 heteroatoms. The molecule has 0 spiro atoms. The molecule has 1 saturated heterocycles. The van der Waals surface area contributed by atoms with E-state index in [1.54, 1.807) is 0 Å². The number of pyridine rings is 1. The van der Waals surface area contributed by atoms with Crippen molar-refractivity contribution in [2.24, 2.45) is 5.73 Å². The number of rotatable bonds is 3. The minimum atomic E-state index is 0.451. The largest absolute Gasteiger partial charge is 0.389 e. The summed E-state index contributed by atoms with van der Waals surface area (Å²) in [5.74, 6) is 1.03. The van der Waals surface area contributed by atoms with E-state index >= 15 is 0 Å². The van der Waals surface area contributed by atoms with Crippen molar-refractivity contribution in [2.75, 3.05) is 11.4 Å². The molecule has 0 bridgehead atoms. The zero-order chi connectivity index (χ0) is 13.1. The van der Waals surface area contributed by atoms with Crippen LogP contribution in [0.2, 0.25) is 0 Å². The Morgan fingerprint density at radius 3 is 2.94 bits per heavy atom. The molecular formula is C14H21N3S. The molecule has 0 aromatic carbocycles. The first-order chi connectivity index (χ1) is 8.61. The van der Waals surface area contributed by atoms with Gasteiger partial charge in [0.2, 0.25) is 0 Å². The summed E-state index contributed by atoms with van der Waals surface area (Å²) in [4.78, 5) is 7.51. The summed E-state index contributed by atoms with van der Waals surface area (Å²) in [7, 11) is 0. The van der Waals surface area contributed by atoms with Gasteiger partial charge >= 0.3 is 0 Å². The number of nitrogens with zero attached hydrogens (tertiary/aromatic N) is 2. The van der Waals surface area contributed by atoms with Crippen molar-refractivity contribution in [1.29, 1.82) is 0 Å². The molecular weight excluding hydrogens is 242 g/mol. The molecule has 2 rings (SSSR count). The van der Waals surface area contributed by atoms with E-state index in [1.165, 1.54) is 19.3 Å². The molecule has 18 heavy (non-hydrogen) atoms. The first-order valence-corrected chi connectivity index (χ1v) is 7.07. The number of aromatic nitrogens is 1. The summed E-state index contributed by atoms with van der Waals surface area (Å²) in [6.45, 7) is 5.33. The van der Waals surface area contributed by atoms with E-state index in [0.717, 1.165) is 30.0 Å². The van der Waals surface area contributed by atoms with Gasteiger partial charge in [-0.3, -0.25) is 0 Å². The Kier molecular flexibility index (Phi) is 4.17. The predicted octanol–water partition coefficient (Wildman–Crippen LogP) is 2.79. The molecule has 98 valence electrons. The van der Waals surface area contributed by atoms with E-state index in [2.05, 4.69) is 16.8 Å². The van der Waals surface area contributed by atoms with Crippen LogP contribution < -0.4 is 10.6 Å². The van der Waals surface area contributed by atoms with Gasteiger partial charge in [0, 0.05) is 23.8 Å². The normalized spacial score (nSPS) is 19.9. The fourth-order valence-electron chi connectivity index (χ4n) is 2.67. The molecule has 0 aliphatic carbocycles. The van der Waals surface area contributed by atoms with Crippen molar-refractivity contribution in [3.63, 3.8) is 0 Å². The minimum Gasteiger partial charge on any atom is -0.389 e. The van der Waals surface area contributed by atoms with E-state index in [-0.39, 0.29) is 0 Å². The maximum Gasteiger partial charge on any atom is 0.129 e. The Morgan fingerprint density at radius 1 is 1.50 bits per heavy atom. The van der Waals surface area contributed by atoms with Crippen molar-refractivity contribution in [3.05, 3.63) is 23.4 Å². The van der Waals surface area contributed by atoms with E-state index < -0.39 is 0 Å². The molecule has 1 aromatic rings. The lowest BCUT2D eigenvalue weighted by Gasteiger charge is -2.36. The van der Waals surface area contributed by atoms with Crippen LogP contribution in [-0.4, -0.2) is 22.6 Å². The smallest absolute Gasteiger partial charge is 0.129 e. The highest BCUT2D eigenvalue weighted by molar-refractivity contribution is 7.80. The monoisotopic (exact) mass is 263 g/mol. The van der Waals surface area contributed by atoms with Crippen molar-refractivity contribution in [1.82, 2.24) is 4.98 Å². The van der Waals surface area contributed by atoms with Gasteiger partial charge in [0.15, 0.2) is 0 Å². The van der Waals surface area contributed by atoms with Gasteiger partial charge in [-0.25, -0.2) is 4.98 Å². The number of piperidine rings is 1. The molecule has 2 heterocycles. The van der Waals surface area contributed by atoms with Crippen LogP contribution in [-0.2, 0) is 0 Å². The number of hydrogen-bond donors (Lipinski definition) is 1. The molecule has 1 aliphatic rings. The molecule has 0 radical (unpaired) electrons. The SMILES string of the molecule is CCC1CCCCN1c1cc(C(N)=S)cc(C)n1. The van der Waals surface area contributed by atoms with Crippen LogP contribution in [0.1, 0.15) is 43.9 Å². The molecule has 1 aromatic heterocycles. The summed E-state index contributed by atoms with van der Waals surface area (Å²) >= 11 is 5.07. The maximum atomic E-state index is 5.73. The van der Waals surface area contributed by atoms with Gasteiger partial charge in [-0.1, -0.05) is 19.1 Å². The standard InChI is InChI=1S/C14H21N3S/c1-3-12-6-4-5-7-17(12)13-9-11(14(15)18)8-10(2)16-13/h8-9,12H,3-7H2,1-2H3,(H2,15,18). The van der Waals surface area contributed by atoms with Gasteiger partial charge in [-0.2, -0.15) is 0 Å². The topological polar surface area (TPSA) is 42.1 Å². The summed E-state index contributed by atoms with van der Waals surface area (Å²) in [5, 5.41) is 0. The summed E-state index contributed by atoms with van der Waals surface area (Å²) in [5.41, 5.74) is 7.64. The first kappa shape index (κ1) is 13.3. The molecule has 3 nitrogen and oxygen atoms in total. The Balaban J connectivity index is 2.33. The molecule has 1 aliphatic heterocycles. The molecule has 2 N–H and O–H groups in total. The van der Waals surface area contributed by atoms with Crippen molar-refractivity contribution in [3.8, 4) is 0 Å². The lowest BCUT2D eigenvalue weighted by Crippen LogP contribution is -2.39. The predicted molar refractivity (Wildman–Crippen MR) is 80.1 cm³/mol. The van der Waals surface area contributed by atoms with Crippen LogP contribution in [0.15, 0.2) is 12.1 Å². The Morgan fingerprint density at radius 2 is 2.28 bits per heavy atom.